The molecule has 8 heteroatoms. The number of hydrogen-bond acceptors (Lipinski definition) is 4. The van der Waals surface area contributed by atoms with Gasteiger partial charge in [0.25, 0.3) is 10.1 Å². The van der Waals surface area contributed by atoms with Gasteiger partial charge in [-0.1, -0.05) is 30.3 Å². The maximum absolute atomic E-state index is 12.3. The van der Waals surface area contributed by atoms with Crippen LogP contribution in [0.4, 0.5) is 0 Å². The minimum absolute atomic E-state index is 0. The molecule has 0 atom stereocenters. The molecule has 2 rings (SSSR count). The first-order valence-electron chi connectivity index (χ1n) is 5.20. The molecule has 2 aromatic rings. The molecule has 0 aliphatic carbocycles. The van der Waals surface area contributed by atoms with E-state index in [1.54, 1.807) is 6.07 Å². The predicted octanol–water partition coefficient (Wildman–Crippen LogP) is 1.39. The Hall–Kier alpha value is -0.0636. The molecule has 1 radical (unpaired) electrons. The molecule has 2 aromatic carbocycles. The molecule has 0 aromatic heterocycles. The van der Waals surface area contributed by atoms with Gasteiger partial charge in [0.1, 0.15) is 4.90 Å². The van der Waals surface area contributed by atoms with E-state index in [4.69, 9.17) is 4.55 Å². The Morgan fingerprint density at radius 3 is 1.65 bits per heavy atom. The van der Waals surface area contributed by atoms with E-state index in [1.165, 1.54) is 36.4 Å². The summed E-state index contributed by atoms with van der Waals surface area (Å²) in [7, 11) is -8.60. The summed E-state index contributed by atoms with van der Waals surface area (Å²) in [6.45, 7) is 0. The van der Waals surface area contributed by atoms with Gasteiger partial charge in [-0.15, -0.1) is 0 Å². The van der Waals surface area contributed by atoms with E-state index >= 15 is 0 Å². The largest absolute Gasteiger partial charge is 0.295 e. The first-order chi connectivity index (χ1) is 8.83. The number of hydrogen-bond donors (Lipinski definition) is 1. The smallest absolute Gasteiger partial charge is 0.282 e. The number of sulfone groups is 1. The van der Waals surface area contributed by atoms with Gasteiger partial charge in [-0.25, -0.2) is 8.42 Å². The van der Waals surface area contributed by atoms with Crippen LogP contribution in [0.1, 0.15) is 0 Å². The van der Waals surface area contributed by atoms with Crippen molar-refractivity contribution in [2.24, 2.45) is 0 Å². The molecule has 0 spiro atoms. The fourth-order valence-electron chi connectivity index (χ4n) is 1.61. The monoisotopic (exact) mass is 337 g/mol. The van der Waals surface area contributed by atoms with Crippen molar-refractivity contribution in [3.8, 4) is 0 Å². The molecular weight excluding hydrogens is 327 g/mol. The van der Waals surface area contributed by atoms with Crippen LogP contribution < -0.4 is 0 Å². The van der Waals surface area contributed by atoms with Gasteiger partial charge in [-0.2, -0.15) is 8.42 Å². The van der Waals surface area contributed by atoms with E-state index in [0.29, 0.717) is 0 Å². The zero-order valence-corrected chi connectivity index (χ0v) is 15.3. The van der Waals surface area contributed by atoms with Gasteiger partial charge in [-0.3, -0.25) is 4.55 Å². The van der Waals surface area contributed by atoms with Crippen LogP contribution in [-0.4, -0.2) is 72.8 Å². The Bertz CT molecular complexity index is 799. The topological polar surface area (TPSA) is 88.5 Å². The molecule has 0 aliphatic rings. The summed E-state index contributed by atoms with van der Waals surface area (Å²) < 4.78 is 56.2. The van der Waals surface area contributed by atoms with E-state index in [-0.39, 0.29) is 56.3 Å². The van der Waals surface area contributed by atoms with E-state index in [2.05, 4.69) is 0 Å². The molecule has 0 bridgehead atoms. The van der Waals surface area contributed by atoms with Crippen molar-refractivity contribution in [3.05, 3.63) is 54.6 Å². The molecule has 1 N–H and O–H groups in total. The van der Waals surface area contributed by atoms with E-state index < -0.39 is 29.7 Å². The van der Waals surface area contributed by atoms with Gasteiger partial charge in [0.2, 0.25) is 9.84 Å². The van der Waals surface area contributed by atoms with Crippen LogP contribution >= 0.6 is 0 Å². The molecule has 0 saturated heterocycles. The third-order valence-electron chi connectivity index (χ3n) is 2.47. The summed E-state index contributed by atoms with van der Waals surface area (Å²) in [5, 5.41) is 0. The molecule has 20 heavy (non-hydrogen) atoms. The van der Waals surface area contributed by atoms with Crippen molar-refractivity contribution in [3.63, 3.8) is 0 Å². The number of rotatable bonds is 3. The van der Waals surface area contributed by atoms with Gasteiger partial charge in [0, 0.05) is 51.4 Å². The van der Waals surface area contributed by atoms with Crippen molar-refractivity contribution in [2.75, 3.05) is 0 Å². The van der Waals surface area contributed by atoms with Crippen LogP contribution in [0.3, 0.4) is 0 Å². The summed E-state index contributed by atoms with van der Waals surface area (Å²) in [4.78, 5) is -1.10. The van der Waals surface area contributed by atoms with Crippen molar-refractivity contribution in [1.29, 1.82) is 0 Å². The fraction of sp³-hybridized carbons (Fsp3) is 0. The van der Waals surface area contributed by atoms with Gasteiger partial charge in [0.15, 0.2) is 0 Å². The molecular formula is C12H10KO5S2. The first-order valence-corrected chi connectivity index (χ1v) is 8.12. The zero-order chi connectivity index (χ0) is 14.1. The Labute approximate surface area is 160 Å². The first kappa shape index (κ1) is 18.0. The molecule has 0 heterocycles. The zero-order valence-electron chi connectivity index (χ0n) is 10.6. The normalized spacial score (nSPS) is 11.7. The van der Waals surface area contributed by atoms with E-state index in [1.807, 2.05) is 0 Å². The third kappa shape index (κ3) is 3.77. The predicted molar refractivity (Wildman–Crippen MR) is 73.9 cm³/mol. The molecule has 0 amide bonds. The summed E-state index contributed by atoms with van der Waals surface area (Å²) in [6, 6.07) is 12.3. The molecule has 0 fully saturated rings. The summed E-state index contributed by atoms with van der Waals surface area (Å²) in [5.74, 6) is 0. The standard InChI is InChI=1S/C12H10O5S2.K/c13-18(14,10-6-2-1-3-7-10)11-8-4-5-9-12(11)19(15,16)17;/h1-9H,(H,15,16,17);. The minimum atomic E-state index is -4.60. The van der Waals surface area contributed by atoms with Crippen LogP contribution in [0.2, 0.25) is 0 Å². The second kappa shape index (κ2) is 6.80. The second-order valence-electron chi connectivity index (χ2n) is 3.74. The Balaban J connectivity index is 0.00000200. The molecule has 0 saturated carbocycles. The van der Waals surface area contributed by atoms with Crippen molar-refractivity contribution in [1.82, 2.24) is 0 Å². The van der Waals surface area contributed by atoms with Crippen LogP contribution in [0.15, 0.2) is 69.3 Å². The Morgan fingerprint density at radius 2 is 1.15 bits per heavy atom. The van der Waals surface area contributed by atoms with Gasteiger partial charge in [0.05, 0.1) is 9.79 Å². The van der Waals surface area contributed by atoms with Gasteiger partial charge < -0.3 is 0 Å². The van der Waals surface area contributed by atoms with Crippen LogP contribution in [0.5, 0.6) is 0 Å². The summed E-state index contributed by atoms with van der Waals surface area (Å²) in [5.41, 5.74) is 0. The van der Waals surface area contributed by atoms with E-state index in [0.717, 1.165) is 12.1 Å². The molecule has 0 unspecified atom stereocenters. The van der Waals surface area contributed by atoms with Crippen LogP contribution in [-0.2, 0) is 20.0 Å². The van der Waals surface area contributed by atoms with Crippen molar-refractivity contribution >= 4 is 71.3 Å². The minimum Gasteiger partial charge on any atom is -0.282 e. The average molecular weight is 337 g/mol. The molecule has 101 valence electrons. The van der Waals surface area contributed by atoms with E-state index in [9.17, 15) is 16.8 Å². The van der Waals surface area contributed by atoms with Crippen LogP contribution in [0.25, 0.3) is 0 Å². The van der Waals surface area contributed by atoms with Gasteiger partial charge >= 0.3 is 0 Å². The maximum atomic E-state index is 12.3. The Kier molecular flexibility index (Phi) is 6.11. The average Bonchev–Trinajstić information content (AvgIpc) is 2.39. The Morgan fingerprint density at radius 1 is 0.700 bits per heavy atom. The van der Waals surface area contributed by atoms with Gasteiger partial charge in [-0.05, 0) is 24.3 Å². The quantitative estimate of drug-likeness (QED) is 0.675. The molecule has 0 aliphatic heterocycles. The third-order valence-corrected chi connectivity index (χ3v) is 5.34. The van der Waals surface area contributed by atoms with Crippen molar-refractivity contribution < 1.29 is 21.4 Å². The van der Waals surface area contributed by atoms with Crippen LogP contribution in [0, 0.1) is 0 Å². The maximum Gasteiger partial charge on any atom is 0.295 e. The molecule has 5 nitrogen and oxygen atoms in total. The SMILES string of the molecule is O=S(=O)(O)c1ccccc1S(=O)(=O)c1ccccc1.[K]. The van der Waals surface area contributed by atoms with Crippen molar-refractivity contribution in [2.45, 2.75) is 14.7 Å². The summed E-state index contributed by atoms with van der Waals surface area (Å²) >= 11 is 0. The fourth-order valence-corrected chi connectivity index (χ4v) is 4.19. The summed E-state index contributed by atoms with van der Waals surface area (Å²) in [6.07, 6.45) is 0. The second-order valence-corrected chi connectivity index (χ2v) is 7.05. The number of benzene rings is 2.